The van der Waals surface area contributed by atoms with Crippen LogP contribution in [0.1, 0.15) is 16.7 Å². The number of rotatable bonds is 12. The zero-order valence-electron chi connectivity index (χ0n) is 75.3. The zero-order chi connectivity index (χ0) is 93.4. The molecule has 0 aliphatic carbocycles. The SMILES string of the molecule is N#Cc1ccc(-c2cccc(-c3cc(-n4c5ccccc5c5ccccc54)cc(-n4c5ccccc5c5ccccc54)c3)n2)cc1.N#Cc1cccc(-c2cccc(-c3cc(-n4c5ccccc5c5ccccc54)cc(-n4c5ccccc5c5ccccc54)c3)n2)c1.[C-]#[N+]c1ccccc1-c1cccc(-c2cc(-n3c4ccccc4c4ccccc43)cc(-n3c4ccccc4c4cc(C#N)ccc43)c2)n1. The Morgan fingerprint density at radius 3 is 0.721 bits per heavy atom. The number of fused-ring (bicyclic) bond motifs is 18. The maximum atomic E-state index is 9.73. The van der Waals surface area contributed by atoms with Crippen molar-refractivity contribution in [3.05, 3.63) is 495 Å². The molecule has 0 atom stereocenters. The lowest BCUT2D eigenvalue weighted by molar-refractivity contribution is 1.13. The fourth-order valence-corrected chi connectivity index (χ4v) is 20.8. The molecule has 13 heteroatoms. The van der Waals surface area contributed by atoms with E-state index >= 15 is 0 Å². The van der Waals surface area contributed by atoms with Crippen molar-refractivity contribution in [1.82, 2.24) is 42.4 Å². The lowest BCUT2D eigenvalue weighted by atomic mass is 10.0. The lowest BCUT2D eigenvalue weighted by Gasteiger charge is -2.16. The second-order valence-corrected chi connectivity index (χ2v) is 35.0. The molecule has 18 aromatic carbocycles. The van der Waals surface area contributed by atoms with Gasteiger partial charge in [-0.05, 0) is 200 Å². The minimum absolute atomic E-state index is 0.573. The van der Waals surface area contributed by atoms with E-state index in [1.807, 2.05) is 133 Å². The molecule has 0 aliphatic heterocycles. The van der Waals surface area contributed by atoms with E-state index in [0.717, 1.165) is 179 Å². The van der Waals surface area contributed by atoms with Crippen LogP contribution >= 0.6 is 0 Å². The van der Waals surface area contributed by atoms with E-state index in [1.165, 1.54) is 53.9 Å². The molecular formula is C127H77N13. The van der Waals surface area contributed by atoms with Crippen LogP contribution in [-0.2, 0) is 0 Å². The minimum Gasteiger partial charge on any atom is -0.309 e. The van der Waals surface area contributed by atoms with Crippen molar-refractivity contribution in [2.75, 3.05) is 0 Å². The van der Waals surface area contributed by atoms with E-state index < -0.39 is 0 Å². The molecule has 0 unspecified atom stereocenters. The molecule has 0 bridgehead atoms. The Kier molecular flexibility index (Phi) is 20.1. The summed E-state index contributed by atoms with van der Waals surface area (Å²) in [5.41, 5.74) is 33.0. The highest BCUT2D eigenvalue weighted by Crippen LogP contribution is 2.45. The number of hydrogen-bond acceptors (Lipinski definition) is 6. The van der Waals surface area contributed by atoms with E-state index in [1.54, 1.807) is 0 Å². The van der Waals surface area contributed by atoms with Gasteiger partial charge in [-0.15, -0.1) is 0 Å². The van der Waals surface area contributed by atoms with Crippen LogP contribution in [0.15, 0.2) is 467 Å². The van der Waals surface area contributed by atoms with Gasteiger partial charge in [0.25, 0.3) is 0 Å². The Hall–Kier alpha value is -19.8. The lowest BCUT2D eigenvalue weighted by Crippen LogP contribution is -2.00. The molecule has 0 saturated carbocycles. The summed E-state index contributed by atoms with van der Waals surface area (Å²) in [5, 5.41) is 42.8. The van der Waals surface area contributed by atoms with Gasteiger partial charge in [-0.2, -0.15) is 15.8 Å². The average Bonchev–Trinajstić information content (AvgIpc) is 1.58. The summed E-state index contributed by atoms with van der Waals surface area (Å²) in [4.78, 5) is 19.2. The molecule has 0 N–H and O–H groups in total. The first-order valence-corrected chi connectivity index (χ1v) is 46.5. The second kappa shape index (κ2) is 34.3. The topological polar surface area (TPSA) is 144 Å². The van der Waals surface area contributed by atoms with Gasteiger partial charge in [0.2, 0.25) is 0 Å². The Morgan fingerprint density at radius 1 is 0.179 bits per heavy atom. The third-order valence-corrected chi connectivity index (χ3v) is 27.0. The molecule has 13 nitrogen and oxygen atoms in total. The van der Waals surface area contributed by atoms with Gasteiger partial charge in [0.05, 0.1) is 142 Å². The summed E-state index contributed by atoms with van der Waals surface area (Å²) >= 11 is 0. The number of nitriles is 3. The van der Waals surface area contributed by atoms with Crippen molar-refractivity contribution >= 4 is 137 Å². The average molecular weight is 1790 g/mol. The molecule has 0 fully saturated rings. The summed E-state index contributed by atoms with van der Waals surface area (Å²) in [6.45, 7) is 7.73. The van der Waals surface area contributed by atoms with Gasteiger partial charge in [0, 0.05) is 132 Å². The maximum absolute atomic E-state index is 9.73. The molecule has 650 valence electrons. The van der Waals surface area contributed by atoms with Crippen molar-refractivity contribution < 1.29 is 0 Å². The predicted octanol–water partition coefficient (Wildman–Crippen LogP) is 32.0. The Bertz CT molecular complexity index is 9400. The van der Waals surface area contributed by atoms with Crippen LogP contribution in [0.3, 0.4) is 0 Å². The normalized spacial score (nSPS) is 11.4. The number of pyridine rings is 3. The van der Waals surface area contributed by atoms with E-state index in [4.69, 9.17) is 21.5 Å². The van der Waals surface area contributed by atoms with Crippen LogP contribution < -0.4 is 0 Å². The molecule has 27 rings (SSSR count). The Labute approximate surface area is 804 Å². The molecule has 0 aliphatic rings. The van der Waals surface area contributed by atoms with Gasteiger partial charge in [0.15, 0.2) is 5.69 Å². The van der Waals surface area contributed by atoms with Crippen LogP contribution in [0.2, 0.25) is 0 Å². The van der Waals surface area contributed by atoms with Crippen LogP contribution in [0.25, 0.3) is 237 Å². The highest BCUT2D eigenvalue weighted by Gasteiger charge is 2.25. The zero-order valence-corrected chi connectivity index (χ0v) is 75.3. The van der Waals surface area contributed by atoms with Gasteiger partial charge < -0.3 is 27.4 Å². The summed E-state index contributed by atoms with van der Waals surface area (Å²) in [6, 6.07) is 168. The van der Waals surface area contributed by atoms with E-state index in [0.29, 0.717) is 22.4 Å². The van der Waals surface area contributed by atoms with Crippen molar-refractivity contribution in [1.29, 1.82) is 15.8 Å². The van der Waals surface area contributed by atoms with Crippen molar-refractivity contribution in [3.8, 4) is 120 Å². The monoisotopic (exact) mass is 1780 g/mol. The number of aromatic nitrogens is 9. The summed E-state index contributed by atoms with van der Waals surface area (Å²) < 4.78 is 14.1. The van der Waals surface area contributed by atoms with E-state index in [9.17, 15) is 15.8 Å². The molecule has 0 spiro atoms. The van der Waals surface area contributed by atoms with Gasteiger partial charge >= 0.3 is 0 Å². The minimum atomic E-state index is 0.573. The second-order valence-electron chi connectivity index (χ2n) is 35.0. The summed E-state index contributed by atoms with van der Waals surface area (Å²) in [5.74, 6) is 0. The van der Waals surface area contributed by atoms with Crippen LogP contribution in [-0.4, -0.2) is 42.4 Å². The highest BCUT2D eigenvalue weighted by atomic mass is 15.0. The summed E-state index contributed by atoms with van der Waals surface area (Å²) in [6.07, 6.45) is 0. The number of nitrogens with zero attached hydrogens (tertiary/aromatic N) is 13. The fraction of sp³-hybridized carbons (Fsp3) is 0. The predicted molar refractivity (Wildman–Crippen MR) is 572 cm³/mol. The Morgan fingerprint density at radius 2 is 0.414 bits per heavy atom. The van der Waals surface area contributed by atoms with Gasteiger partial charge in [-0.3, -0.25) is 0 Å². The molecule has 27 aromatic rings. The quantitative estimate of drug-likeness (QED) is 0.111. The molecule has 9 heterocycles. The summed E-state index contributed by atoms with van der Waals surface area (Å²) in [7, 11) is 0. The third kappa shape index (κ3) is 14.1. The highest BCUT2D eigenvalue weighted by molar-refractivity contribution is 6.15. The molecule has 9 aromatic heterocycles. The third-order valence-electron chi connectivity index (χ3n) is 27.0. The van der Waals surface area contributed by atoms with Crippen LogP contribution in [0, 0.1) is 40.6 Å². The molecule has 0 amide bonds. The van der Waals surface area contributed by atoms with Gasteiger partial charge in [-0.25, -0.2) is 19.8 Å². The molecular weight excluding hydrogens is 1710 g/mol. The van der Waals surface area contributed by atoms with Gasteiger partial charge in [-0.1, -0.05) is 267 Å². The smallest absolute Gasteiger partial charge is 0.196 e. The number of benzene rings is 18. The van der Waals surface area contributed by atoms with Crippen LogP contribution in [0.5, 0.6) is 0 Å². The largest absolute Gasteiger partial charge is 0.309 e. The van der Waals surface area contributed by atoms with E-state index in [2.05, 4.69) is 384 Å². The first-order chi connectivity index (χ1) is 69.2. The maximum Gasteiger partial charge on any atom is 0.196 e. The molecule has 0 radical (unpaired) electrons. The van der Waals surface area contributed by atoms with Crippen molar-refractivity contribution in [2.24, 2.45) is 0 Å². The first kappa shape index (κ1) is 82.1. The number of para-hydroxylation sites is 12. The van der Waals surface area contributed by atoms with Gasteiger partial charge in [0.1, 0.15) is 0 Å². The van der Waals surface area contributed by atoms with Crippen molar-refractivity contribution in [2.45, 2.75) is 0 Å². The molecule has 140 heavy (non-hydrogen) atoms. The standard InChI is InChI=1S/C43H25N5.2C42H26N4/c1-45-38-15-6-2-14-35(38)39-17-10-16-37(46-39)29-24-30(47-40-18-7-3-11-32(40)33-12-4-8-19-41(33)47)26-31(25-29)48-42-20-9-5-13-34(42)36-23-28(27-44)21-22-43(36)48;43-27-28-11-9-12-29(23-28)37-17-10-18-38(44-37)30-24-31(45-39-19-5-1-13-33(39)34-14-2-6-20-40(34)45)26-32(25-30)46-41-21-7-3-15-35(41)36-16-4-8-22-42(36)46;43-27-28-20-22-29(23-21-28)37-14-9-15-38(44-37)30-24-31(45-39-16-5-1-10-33(39)34-11-2-6-17-40(34)45)26-32(25-30)46-41-18-7-3-12-35(41)36-13-4-8-19-42(36)46/h2-26H;2*1-26H. The first-order valence-electron chi connectivity index (χ1n) is 46.5. The number of hydrogen-bond donors (Lipinski definition) is 0. The van der Waals surface area contributed by atoms with E-state index in [-0.39, 0.29) is 0 Å². The fourth-order valence-electron chi connectivity index (χ4n) is 20.8. The van der Waals surface area contributed by atoms with Crippen LogP contribution in [0.4, 0.5) is 5.69 Å². The molecule has 0 saturated heterocycles. The van der Waals surface area contributed by atoms with Crippen molar-refractivity contribution in [3.63, 3.8) is 0 Å². The Balaban J connectivity index is 0.000000111.